The van der Waals surface area contributed by atoms with Gasteiger partial charge in [0.2, 0.25) is 0 Å². The first-order chi connectivity index (χ1) is 12.5. The Morgan fingerprint density at radius 1 is 0.923 bits per heavy atom. The van der Waals surface area contributed by atoms with Crippen LogP contribution >= 0.6 is 11.6 Å². The van der Waals surface area contributed by atoms with Crippen LogP contribution in [0, 0.1) is 5.82 Å². The molecule has 1 heterocycles. The van der Waals surface area contributed by atoms with E-state index in [-0.39, 0.29) is 11.6 Å². The van der Waals surface area contributed by atoms with Gasteiger partial charge in [-0.2, -0.15) is 0 Å². The van der Waals surface area contributed by atoms with Gasteiger partial charge in [-0.05, 0) is 24.3 Å². The van der Waals surface area contributed by atoms with Gasteiger partial charge in [-0.25, -0.2) is 12.8 Å². The van der Waals surface area contributed by atoms with E-state index in [0.717, 1.165) is 26.2 Å². The largest absolute Gasteiger partial charge is 0.300 e. The van der Waals surface area contributed by atoms with E-state index in [9.17, 15) is 12.8 Å². The van der Waals surface area contributed by atoms with Gasteiger partial charge in [0, 0.05) is 49.9 Å². The summed E-state index contributed by atoms with van der Waals surface area (Å²) < 4.78 is 38.6. The van der Waals surface area contributed by atoms with E-state index in [1.54, 1.807) is 42.5 Å². The van der Waals surface area contributed by atoms with Crippen LogP contribution in [0.3, 0.4) is 0 Å². The van der Waals surface area contributed by atoms with E-state index >= 15 is 0 Å². The Kier molecular flexibility index (Phi) is 6.29. The first kappa shape index (κ1) is 19.3. The Balaban J connectivity index is 1.50. The van der Waals surface area contributed by atoms with E-state index in [1.165, 1.54) is 6.07 Å². The van der Waals surface area contributed by atoms with E-state index in [2.05, 4.69) is 9.80 Å². The molecule has 0 bridgehead atoms. The molecule has 1 fully saturated rings. The molecule has 4 nitrogen and oxygen atoms in total. The molecule has 2 aromatic rings. The molecule has 1 aliphatic rings. The number of hydrogen-bond donors (Lipinski definition) is 0. The van der Waals surface area contributed by atoms with Crippen molar-refractivity contribution in [2.45, 2.75) is 11.4 Å². The predicted octanol–water partition coefficient (Wildman–Crippen LogP) is 3.07. The number of benzene rings is 2. The van der Waals surface area contributed by atoms with E-state index in [4.69, 9.17) is 11.6 Å². The summed E-state index contributed by atoms with van der Waals surface area (Å²) in [6, 6.07) is 13.3. The van der Waals surface area contributed by atoms with Crippen LogP contribution in [0.2, 0.25) is 5.02 Å². The highest BCUT2D eigenvalue weighted by molar-refractivity contribution is 7.91. The standard InChI is InChI=1S/C19H22ClFN2O2S/c20-18-7-4-8-19(21)17(18)15-23-11-9-22(10-12-23)13-14-26(24,25)16-5-2-1-3-6-16/h1-8H,9-15H2. The van der Waals surface area contributed by atoms with Crippen molar-refractivity contribution in [3.8, 4) is 0 Å². The fourth-order valence-corrected chi connectivity index (χ4v) is 4.60. The molecule has 1 saturated heterocycles. The molecule has 1 aliphatic heterocycles. The summed E-state index contributed by atoms with van der Waals surface area (Å²) in [4.78, 5) is 4.65. The minimum absolute atomic E-state index is 0.107. The van der Waals surface area contributed by atoms with Gasteiger partial charge in [0.25, 0.3) is 0 Å². The number of hydrogen-bond acceptors (Lipinski definition) is 4. The maximum Gasteiger partial charge on any atom is 0.179 e. The molecule has 0 N–H and O–H groups in total. The van der Waals surface area contributed by atoms with Crippen LogP contribution in [-0.2, 0) is 16.4 Å². The molecule has 2 aromatic carbocycles. The molecular weight excluding hydrogens is 375 g/mol. The highest BCUT2D eigenvalue weighted by Gasteiger charge is 2.21. The maximum atomic E-state index is 13.9. The fraction of sp³-hybridized carbons (Fsp3) is 0.368. The third-order valence-electron chi connectivity index (χ3n) is 4.69. The molecule has 7 heteroatoms. The van der Waals surface area contributed by atoms with Crippen molar-refractivity contribution in [3.63, 3.8) is 0 Å². The third-order valence-corrected chi connectivity index (χ3v) is 6.75. The first-order valence-corrected chi connectivity index (χ1v) is 10.6. The highest BCUT2D eigenvalue weighted by atomic mass is 35.5. The lowest BCUT2D eigenvalue weighted by Gasteiger charge is -2.34. The van der Waals surface area contributed by atoms with Gasteiger partial charge in [0.05, 0.1) is 10.6 Å². The highest BCUT2D eigenvalue weighted by Crippen LogP contribution is 2.21. The zero-order valence-corrected chi connectivity index (χ0v) is 16.0. The summed E-state index contributed by atoms with van der Waals surface area (Å²) in [6.45, 7) is 4.02. The van der Waals surface area contributed by atoms with Crippen LogP contribution in [0.25, 0.3) is 0 Å². The van der Waals surface area contributed by atoms with Crippen molar-refractivity contribution in [3.05, 3.63) is 64.9 Å². The second-order valence-corrected chi connectivity index (χ2v) is 8.97. The molecule has 3 rings (SSSR count). The van der Waals surface area contributed by atoms with Crippen LogP contribution in [0.4, 0.5) is 4.39 Å². The van der Waals surface area contributed by atoms with Crippen molar-refractivity contribution < 1.29 is 12.8 Å². The summed E-state index contributed by atoms with van der Waals surface area (Å²) in [5.74, 6) is -0.176. The molecule has 0 aromatic heterocycles. The van der Waals surface area contributed by atoms with Gasteiger partial charge in [-0.3, -0.25) is 9.80 Å². The Bertz CT molecular complexity index is 818. The summed E-state index contributed by atoms with van der Waals surface area (Å²) >= 11 is 6.09. The van der Waals surface area contributed by atoms with Gasteiger partial charge in [0.15, 0.2) is 9.84 Å². The molecule has 26 heavy (non-hydrogen) atoms. The monoisotopic (exact) mass is 396 g/mol. The van der Waals surface area contributed by atoms with Crippen LogP contribution < -0.4 is 0 Å². The average molecular weight is 397 g/mol. The normalized spacial score (nSPS) is 16.7. The van der Waals surface area contributed by atoms with Gasteiger partial charge in [-0.1, -0.05) is 35.9 Å². The maximum absolute atomic E-state index is 13.9. The van der Waals surface area contributed by atoms with E-state index in [0.29, 0.717) is 28.6 Å². The van der Waals surface area contributed by atoms with Crippen molar-refractivity contribution in [2.24, 2.45) is 0 Å². The summed E-state index contributed by atoms with van der Waals surface area (Å²) in [5.41, 5.74) is 0.522. The zero-order valence-electron chi connectivity index (χ0n) is 14.4. The topological polar surface area (TPSA) is 40.6 Å². The molecule has 0 amide bonds. The van der Waals surface area contributed by atoms with Gasteiger partial charge < -0.3 is 0 Å². The number of rotatable bonds is 6. The molecular formula is C19H22ClFN2O2S. The smallest absolute Gasteiger partial charge is 0.179 e. The third kappa shape index (κ3) is 4.82. The first-order valence-electron chi connectivity index (χ1n) is 8.61. The van der Waals surface area contributed by atoms with Crippen molar-refractivity contribution in [1.29, 1.82) is 0 Å². The molecule has 0 radical (unpaired) electrons. The molecule has 140 valence electrons. The minimum atomic E-state index is -3.26. The number of halogens is 2. The van der Waals surface area contributed by atoms with Gasteiger partial charge >= 0.3 is 0 Å². The fourth-order valence-electron chi connectivity index (χ4n) is 3.07. The molecule has 0 atom stereocenters. The van der Waals surface area contributed by atoms with E-state index in [1.807, 2.05) is 0 Å². The predicted molar refractivity (Wildman–Crippen MR) is 102 cm³/mol. The van der Waals surface area contributed by atoms with Crippen LogP contribution in [0.1, 0.15) is 5.56 Å². The molecule has 0 aliphatic carbocycles. The summed E-state index contributed by atoms with van der Waals surface area (Å²) in [6.07, 6.45) is 0. The molecule has 0 spiro atoms. The van der Waals surface area contributed by atoms with E-state index < -0.39 is 9.84 Å². The van der Waals surface area contributed by atoms with Gasteiger partial charge in [-0.15, -0.1) is 0 Å². The second kappa shape index (κ2) is 8.48. The Labute approximate surface area is 159 Å². The number of piperazine rings is 1. The Hall–Kier alpha value is -1.47. The summed E-state index contributed by atoms with van der Waals surface area (Å²) in [5, 5.41) is 0.446. The number of sulfone groups is 1. The summed E-state index contributed by atoms with van der Waals surface area (Å²) in [7, 11) is -3.26. The number of nitrogens with zero attached hydrogens (tertiary/aromatic N) is 2. The minimum Gasteiger partial charge on any atom is -0.300 e. The van der Waals surface area contributed by atoms with Gasteiger partial charge in [0.1, 0.15) is 5.82 Å². The molecule has 0 saturated carbocycles. The van der Waals surface area contributed by atoms with Crippen LogP contribution in [-0.4, -0.2) is 56.7 Å². The average Bonchev–Trinajstić information content (AvgIpc) is 2.65. The lowest BCUT2D eigenvalue weighted by Crippen LogP contribution is -2.47. The Morgan fingerprint density at radius 3 is 2.23 bits per heavy atom. The second-order valence-electron chi connectivity index (χ2n) is 6.45. The lowest BCUT2D eigenvalue weighted by molar-refractivity contribution is 0.131. The van der Waals surface area contributed by atoms with Crippen LogP contribution in [0.5, 0.6) is 0 Å². The SMILES string of the molecule is O=S(=O)(CCN1CCN(Cc2c(F)cccc2Cl)CC1)c1ccccc1. The quantitative estimate of drug-likeness (QED) is 0.752. The lowest BCUT2D eigenvalue weighted by atomic mass is 10.2. The van der Waals surface area contributed by atoms with Crippen molar-refractivity contribution in [2.75, 3.05) is 38.5 Å². The van der Waals surface area contributed by atoms with Crippen molar-refractivity contribution >= 4 is 21.4 Å². The zero-order chi connectivity index (χ0) is 18.6. The molecule has 0 unspecified atom stereocenters. The Morgan fingerprint density at radius 2 is 1.58 bits per heavy atom. The van der Waals surface area contributed by atoms with Crippen molar-refractivity contribution in [1.82, 2.24) is 9.80 Å². The van der Waals surface area contributed by atoms with Crippen LogP contribution in [0.15, 0.2) is 53.4 Å².